The Bertz CT molecular complexity index is 525. The fraction of sp³-hybridized carbons (Fsp3) is 0.167. The van der Waals surface area contributed by atoms with Gasteiger partial charge < -0.3 is 0 Å². The van der Waals surface area contributed by atoms with E-state index >= 15 is 0 Å². The summed E-state index contributed by atoms with van der Waals surface area (Å²) in [5.41, 5.74) is 1.60. The molecule has 17 heavy (non-hydrogen) atoms. The molecule has 1 aromatic heterocycles. The Hall–Kier alpha value is -0.260. The third-order valence-corrected chi connectivity index (χ3v) is 4.74. The van der Waals surface area contributed by atoms with Crippen molar-refractivity contribution in [3.8, 4) is 0 Å². The van der Waals surface area contributed by atoms with Crippen molar-refractivity contribution in [3.63, 3.8) is 0 Å². The molecule has 0 fully saturated rings. The van der Waals surface area contributed by atoms with Crippen molar-refractivity contribution in [2.45, 2.75) is 11.2 Å². The molecule has 0 aliphatic carbocycles. The summed E-state index contributed by atoms with van der Waals surface area (Å²) >= 11 is 8.48. The quantitative estimate of drug-likeness (QED) is 0.618. The number of halogens is 4. The zero-order chi connectivity index (χ0) is 12.4. The van der Waals surface area contributed by atoms with Crippen LogP contribution >= 0.6 is 43.2 Å². The molecule has 0 nitrogen and oxygen atoms in total. The summed E-state index contributed by atoms with van der Waals surface area (Å²) in [6.45, 7) is 0. The number of alkyl halides is 1. The molecule has 0 saturated heterocycles. The molecule has 1 heterocycles. The maximum Gasteiger partial charge on any atom is 0.129 e. The van der Waals surface area contributed by atoms with Crippen molar-refractivity contribution in [1.82, 2.24) is 0 Å². The minimum atomic E-state index is -0.546. The lowest BCUT2D eigenvalue weighted by Crippen LogP contribution is -1.97. The van der Waals surface area contributed by atoms with E-state index < -0.39 is 11.6 Å². The summed E-state index contributed by atoms with van der Waals surface area (Å²) < 4.78 is 27.3. The molecule has 90 valence electrons. The van der Waals surface area contributed by atoms with Crippen LogP contribution in [-0.2, 0) is 6.42 Å². The summed E-state index contributed by atoms with van der Waals surface area (Å²) in [6, 6.07) is 5.67. The smallest absolute Gasteiger partial charge is 0.129 e. The first kappa shape index (κ1) is 13.2. The van der Waals surface area contributed by atoms with Crippen molar-refractivity contribution in [3.05, 3.63) is 56.2 Å². The van der Waals surface area contributed by atoms with Gasteiger partial charge in [0.05, 0.1) is 3.79 Å². The molecule has 0 aliphatic heterocycles. The Morgan fingerprint density at radius 2 is 2.00 bits per heavy atom. The van der Waals surface area contributed by atoms with Crippen LogP contribution in [0.15, 0.2) is 33.4 Å². The predicted octanol–water partition coefficient (Wildman–Crippen LogP) is 5.47. The van der Waals surface area contributed by atoms with Gasteiger partial charge in [0.1, 0.15) is 11.6 Å². The average molecular weight is 382 g/mol. The van der Waals surface area contributed by atoms with Crippen molar-refractivity contribution in [2.24, 2.45) is 0 Å². The van der Waals surface area contributed by atoms with Gasteiger partial charge in [-0.2, -0.15) is 0 Å². The Balaban J connectivity index is 2.15. The van der Waals surface area contributed by atoms with E-state index in [1.54, 1.807) is 11.3 Å². The van der Waals surface area contributed by atoms with Crippen LogP contribution in [0.4, 0.5) is 8.78 Å². The van der Waals surface area contributed by atoms with E-state index in [2.05, 4.69) is 31.9 Å². The molecule has 0 amide bonds. The summed E-state index contributed by atoms with van der Waals surface area (Å²) in [5, 5.41) is 2.00. The summed E-state index contributed by atoms with van der Waals surface area (Å²) in [6.07, 6.45) is 0.495. The molecular weight excluding hydrogens is 374 g/mol. The van der Waals surface area contributed by atoms with Crippen LogP contribution in [-0.4, -0.2) is 0 Å². The molecule has 0 saturated carbocycles. The van der Waals surface area contributed by atoms with E-state index in [0.29, 0.717) is 12.0 Å². The van der Waals surface area contributed by atoms with Crippen LogP contribution in [0.25, 0.3) is 0 Å². The normalized spacial score (nSPS) is 12.7. The number of rotatable bonds is 3. The second-order valence-corrected chi connectivity index (χ2v) is 6.99. The number of hydrogen-bond acceptors (Lipinski definition) is 1. The van der Waals surface area contributed by atoms with Crippen LogP contribution in [0.1, 0.15) is 16.0 Å². The third-order valence-electron chi connectivity index (χ3n) is 2.36. The van der Waals surface area contributed by atoms with Gasteiger partial charge in [0.25, 0.3) is 0 Å². The van der Waals surface area contributed by atoms with Gasteiger partial charge in [-0.05, 0) is 51.0 Å². The molecule has 0 aliphatic rings. The molecular formula is C12H8Br2F2S. The Labute approximate surface area is 119 Å². The zero-order valence-electron chi connectivity index (χ0n) is 8.59. The van der Waals surface area contributed by atoms with E-state index in [-0.39, 0.29) is 4.83 Å². The number of thiophene rings is 1. The first-order chi connectivity index (χ1) is 8.06. The first-order valence-corrected chi connectivity index (χ1v) is 7.47. The van der Waals surface area contributed by atoms with Crippen LogP contribution in [0, 0.1) is 11.6 Å². The van der Waals surface area contributed by atoms with E-state index in [1.165, 1.54) is 12.1 Å². The van der Waals surface area contributed by atoms with Crippen molar-refractivity contribution >= 4 is 43.2 Å². The first-order valence-electron chi connectivity index (χ1n) is 4.88. The minimum Gasteiger partial charge on any atom is -0.207 e. The van der Waals surface area contributed by atoms with Gasteiger partial charge in [0.2, 0.25) is 0 Å². The SMILES string of the molecule is Fc1ccc(CC(Br)c2csc(Br)c2)c(F)c1. The molecule has 1 atom stereocenters. The highest BCUT2D eigenvalue weighted by molar-refractivity contribution is 9.11. The van der Waals surface area contributed by atoms with Crippen LogP contribution in [0.2, 0.25) is 0 Å². The van der Waals surface area contributed by atoms with E-state index in [9.17, 15) is 8.78 Å². The summed E-state index contributed by atoms with van der Waals surface area (Å²) in [5.74, 6) is -1.04. The molecule has 2 aromatic rings. The van der Waals surface area contributed by atoms with Crippen LogP contribution < -0.4 is 0 Å². The fourth-order valence-electron chi connectivity index (χ4n) is 1.49. The highest BCUT2D eigenvalue weighted by Gasteiger charge is 2.13. The molecule has 0 radical (unpaired) electrons. The second kappa shape index (κ2) is 5.59. The largest absolute Gasteiger partial charge is 0.207 e. The fourth-order valence-corrected chi connectivity index (χ4v) is 3.50. The van der Waals surface area contributed by atoms with E-state index in [4.69, 9.17) is 0 Å². The molecule has 0 bridgehead atoms. The lowest BCUT2D eigenvalue weighted by atomic mass is 10.1. The van der Waals surface area contributed by atoms with Gasteiger partial charge in [-0.3, -0.25) is 0 Å². The Morgan fingerprint density at radius 1 is 1.24 bits per heavy atom. The van der Waals surface area contributed by atoms with E-state index in [1.807, 2.05) is 11.4 Å². The highest BCUT2D eigenvalue weighted by Crippen LogP contribution is 2.33. The third kappa shape index (κ3) is 3.36. The van der Waals surface area contributed by atoms with Crippen LogP contribution in [0.3, 0.4) is 0 Å². The van der Waals surface area contributed by atoms with Crippen LogP contribution in [0.5, 0.6) is 0 Å². The number of benzene rings is 1. The van der Waals surface area contributed by atoms with Gasteiger partial charge in [-0.25, -0.2) is 8.78 Å². The summed E-state index contributed by atoms with van der Waals surface area (Å²) in [7, 11) is 0. The maximum absolute atomic E-state index is 13.5. The lowest BCUT2D eigenvalue weighted by Gasteiger charge is -2.08. The van der Waals surface area contributed by atoms with Crippen molar-refractivity contribution in [2.75, 3.05) is 0 Å². The standard InChI is InChI=1S/C12H8Br2F2S/c13-10(8-4-12(14)17-6-8)3-7-1-2-9(15)5-11(7)16/h1-2,4-6,10H,3H2. The van der Waals surface area contributed by atoms with Crippen molar-refractivity contribution < 1.29 is 8.78 Å². The van der Waals surface area contributed by atoms with Crippen molar-refractivity contribution in [1.29, 1.82) is 0 Å². The monoisotopic (exact) mass is 380 g/mol. The van der Waals surface area contributed by atoms with E-state index in [0.717, 1.165) is 15.4 Å². The zero-order valence-corrected chi connectivity index (χ0v) is 12.6. The average Bonchev–Trinajstić information content (AvgIpc) is 2.69. The molecule has 1 unspecified atom stereocenters. The predicted molar refractivity (Wildman–Crippen MR) is 73.7 cm³/mol. The molecule has 5 heteroatoms. The molecule has 0 N–H and O–H groups in total. The van der Waals surface area contributed by atoms with Gasteiger partial charge >= 0.3 is 0 Å². The maximum atomic E-state index is 13.5. The highest BCUT2D eigenvalue weighted by atomic mass is 79.9. The molecule has 2 rings (SSSR count). The van der Waals surface area contributed by atoms with Gasteiger partial charge in [0, 0.05) is 10.9 Å². The van der Waals surface area contributed by atoms with Gasteiger partial charge in [-0.15, -0.1) is 11.3 Å². The molecule has 0 spiro atoms. The number of hydrogen-bond donors (Lipinski definition) is 0. The lowest BCUT2D eigenvalue weighted by molar-refractivity contribution is 0.571. The second-order valence-electron chi connectivity index (χ2n) is 3.59. The topological polar surface area (TPSA) is 0 Å². The Kier molecular flexibility index (Phi) is 4.33. The summed E-state index contributed by atoms with van der Waals surface area (Å²) in [4.78, 5) is 0.0324. The van der Waals surface area contributed by atoms with Gasteiger partial charge in [-0.1, -0.05) is 22.0 Å². The molecule has 1 aromatic carbocycles. The van der Waals surface area contributed by atoms with Gasteiger partial charge in [0.15, 0.2) is 0 Å². The minimum absolute atomic E-state index is 0.0324. The Morgan fingerprint density at radius 3 is 2.59 bits per heavy atom.